The van der Waals surface area contributed by atoms with Gasteiger partial charge in [0.05, 0.1) is 12.1 Å². The molecule has 1 aliphatic carbocycles. The normalized spacial score (nSPS) is 17.9. The molecule has 1 saturated carbocycles. The molecule has 0 amide bonds. The van der Waals surface area contributed by atoms with Crippen LogP contribution in [0.2, 0.25) is 0 Å². The number of aliphatic hydroxyl groups is 1. The molecule has 1 atom stereocenters. The molecule has 2 rings (SSSR count). The van der Waals surface area contributed by atoms with Crippen LogP contribution in [0, 0.1) is 5.92 Å². The quantitative estimate of drug-likeness (QED) is 0.646. The minimum absolute atomic E-state index is 0.101. The van der Waals surface area contributed by atoms with Crippen molar-refractivity contribution in [2.45, 2.75) is 38.1 Å². The molecule has 0 heterocycles. The van der Waals surface area contributed by atoms with Crippen LogP contribution in [-0.2, 0) is 10.3 Å². The topological polar surface area (TPSA) is 41.5 Å². The van der Waals surface area contributed by atoms with Crippen molar-refractivity contribution in [3.8, 4) is 0 Å². The van der Waals surface area contributed by atoms with Gasteiger partial charge in [-0.1, -0.05) is 37.3 Å². The highest BCUT2D eigenvalue weighted by atomic mass is 16.5. The second kappa shape index (κ2) is 7.77. The number of nitrogens with one attached hydrogen (secondary N) is 1. The number of benzene rings is 1. The van der Waals surface area contributed by atoms with Crippen molar-refractivity contribution in [1.29, 1.82) is 0 Å². The lowest BCUT2D eigenvalue weighted by molar-refractivity contribution is 0.0738. The van der Waals surface area contributed by atoms with E-state index in [0.717, 1.165) is 37.5 Å². The molecule has 0 spiro atoms. The fraction of sp³-hybridized carbons (Fsp3) is 0.647. The van der Waals surface area contributed by atoms with Gasteiger partial charge in [0.25, 0.3) is 0 Å². The first-order valence-electron chi connectivity index (χ1n) is 7.80. The molecule has 3 heteroatoms. The van der Waals surface area contributed by atoms with Gasteiger partial charge in [0.1, 0.15) is 0 Å². The number of hydrogen-bond donors (Lipinski definition) is 2. The highest BCUT2D eigenvalue weighted by Crippen LogP contribution is 2.29. The zero-order chi connectivity index (χ0) is 14.3. The summed E-state index contributed by atoms with van der Waals surface area (Å²) >= 11 is 0. The molecule has 0 aliphatic heterocycles. The summed E-state index contributed by atoms with van der Waals surface area (Å²) in [6, 6.07) is 10.2. The van der Waals surface area contributed by atoms with E-state index >= 15 is 0 Å². The molecule has 1 fully saturated rings. The first-order chi connectivity index (χ1) is 9.80. The summed E-state index contributed by atoms with van der Waals surface area (Å²) in [4.78, 5) is 0. The van der Waals surface area contributed by atoms with Gasteiger partial charge in [-0.3, -0.25) is 0 Å². The summed E-state index contributed by atoms with van der Waals surface area (Å²) in [5.74, 6) is 0.791. The molecule has 0 bridgehead atoms. The van der Waals surface area contributed by atoms with Crippen LogP contribution in [0.3, 0.4) is 0 Å². The van der Waals surface area contributed by atoms with E-state index in [9.17, 15) is 5.11 Å². The van der Waals surface area contributed by atoms with E-state index in [4.69, 9.17) is 4.74 Å². The molecule has 1 unspecified atom stereocenters. The van der Waals surface area contributed by atoms with Crippen LogP contribution in [-0.4, -0.2) is 31.5 Å². The number of hydrogen-bond acceptors (Lipinski definition) is 3. The Morgan fingerprint density at radius 3 is 2.65 bits per heavy atom. The molecule has 0 radical (unpaired) electrons. The fourth-order valence-electron chi connectivity index (χ4n) is 2.46. The maximum atomic E-state index is 9.96. The van der Waals surface area contributed by atoms with Crippen LogP contribution in [0.4, 0.5) is 0 Å². The Morgan fingerprint density at radius 2 is 2.05 bits per heavy atom. The van der Waals surface area contributed by atoms with Crippen LogP contribution < -0.4 is 5.32 Å². The van der Waals surface area contributed by atoms with Gasteiger partial charge in [-0.15, -0.1) is 0 Å². The van der Waals surface area contributed by atoms with Gasteiger partial charge in [0.2, 0.25) is 0 Å². The maximum Gasteiger partial charge on any atom is 0.0691 e. The van der Waals surface area contributed by atoms with Crippen molar-refractivity contribution < 1.29 is 9.84 Å². The van der Waals surface area contributed by atoms with E-state index in [0.29, 0.717) is 6.61 Å². The second-order valence-electron chi connectivity index (χ2n) is 5.80. The number of aliphatic hydroxyl groups excluding tert-OH is 1. The molecular formula is C17H27NO2. The summed E-state index contributed by atoms with van der Waals surface area (Å²) in [6.07, 6.45) is 4.49. The SMILES string of the molecule is CCCNC(CO)(CCOCC1CC1)c1ccccc1. The Hall–Kier alpha value is -0.900. The zero-order valence-corrected chi connectivity index (χ0v) is 12.5. The van der Waals surface area contributed by atoms with Crippen LogP contribution >= 0.6 is 0 Å². The summed E-state index contributed by atoms with van der Waals surface area (Å²) < 4.78 is 5.77. The van der Waals surface area contributed by atoms with Crippen molar-refractivity contribution in [3.05, 3.63) is 35.9 Å². The van der Waals surface area contributed by atoms with Crippen LogP contribution in [0.15, 0.2) is 30.3 Å². The second-order valence-corrected chi connectivity index (χ2v) is 5.80. The average molecular weight is 277 g/mol. The zero-order valence-electron chi connectivity index (χ0n) is 12.5. The first-order valence-corrected chi connectivity index (χ1v) is 7.80. The van der Waals surface area contributed by atoms with Gasteiger partial charge < -0.3 is 15.2 Å². The molecule has 20 heavy (non-hydrogen) atoms. The van der Waals surface area contributed by atoms with E-state index in [-0.39, 0.29) is 12.1 Å². The van der Waals surface area contributed by atoms with Crippen molar-refractivity contribution in [3.63, 3.8) is 0 Å². The van der Waals surface area contributed by atoms with Gasteiger partial charge in [0, 0.05) is 13.2 Å². The number of rotatable bonds is 10. The third kappa shape index (κ3) is 4.30. The van der Waals surface area contributed by atoms with Crippen LogP contribution in [0.25, 0.3) is 0 Å². The molecule has 1 aromatic rings. The monoisotopic (exact) mass is 277 g/mol. The molecule has 1 aliphatic rings. The Kier molecular flexibility index (Phi) is 6.02. The van der Waals surface area contributed by atoms with Gasteiger partial charge in [-0.2, -0.15) is 0 Å². The molecule has 1 aromatic carbocycles. The van der Waals surface area contributed by atoms with Crippen molar-refractivity contribution in [1.82, 2.24) is 5.32 Å². The third-order valence-corrected chi connectivity index (χ3v) is 4.03. The smallest absolute Gasteiger partial charge is 0.0691 e. The minimum Gasteiger partial charge on any atom is -0.394 e. The Bertz CT molecular complexity index is 378. The molecule has 2 N–H and O–H groups in total. The summed E-state index contributed by atoms with van der Waals surface area (Å²) in [6.45, 7) is 4.72. The summed E-state index contributed by atoms with van der Waals surface area (Å²) in [5, 5.41) is 13.5. The highest BCUT2D eigenvalue weighted by Gasteiger charge is 2.30. The van der Waals surface area contributed by atoms with Crippen molar-refractivity contribution in [2.24, 2.45) is 5.92 Å². The van der Waals surface area contributed by atoms with Crippen LogP contribution in [0.1, 0.15) is 38.2 Å². The molecule has 0 aromatic heterocycles. The fourth-order valence-corrected chi connectivity index (χ4v) is 2.46. The van der Waals surface area contributed by atoms with Crippen LogP contribution in [0.5, 0.6) is 0 Å². The van der Waals surface area contributed by atoms with E-state index in [1.165, 1.54) is 12.8 Å². The Labute approximate surface area is 122 Å². The predicted molar refractivity (Wildman–Crippen MR) is 81.7 cm³/mol. The van der Waals surface area contributed by atoms with E-state index in [1.807, 2.05) is 18.2 Å². The van der Waals surface area contributed by atoms with Crippen molar-refractivity contribution in [2.75, 3.05) is 26.4 Å². The molecular weight excluding hydrogens is 250 g/mol. The van der Waals surface area contributed by atoms with Gasteiger partial charge in [0.15, 0.2) is 0 Å². The largest absolute Gasteiger partial charge is 0.394 e. The summed E-state index contributed by atoms with van der Waals surface area (Å²) in [7, 11) is 0. The highest BCUT2D eigenvalue weighted by molar-refractivity contribution is 5.24. The lowest BCUT2D eigenvalue weighted by atomic mass is 9.87. The van der Waals surface area contributed by atoms with Gasteiger partial charge in [-0.05, 0) is 43.7 Å². The Morgan fingerprint density at radius 1 is 1.30 bits per heavy atom. The Balaban J connectivity index is 1.96. The molecule has 112 valence electrons. The maximum absolute atomic E-state index is 9.96. The lowest BCUT2D eigenvalue weighted by Crippen LogP contribution is -2.47. The van der Waals surface area contributed by atoms with E-state index in [2.05, 4.69) is 24.4 Å². The molecule has 0 saturated heterocycles. The predicted octanol–water partition coefficient (Wildman–Crippen LogP) is 2.69. The van der Waals surface area contributed by atoms with Gasteiger partial charge in [-0.25, -0.2) is 0 Å². The van der Waals surface area contributed by atoms with Gasteiger partial charge >= 0.3 is 0 Å². The molecule has 3 nitrogen and oxygen atoms in total. The standard InChI is InChI=1S/C17H27NO2/c1-2-11-18-17(14-19,16-6-4-3-5-7-16)10-12-20-13-15-8-9-15/h3-7,15,18-19H,2,8-14H2,1H3. The van der Waals surface area contributed by atoms with Crippen molar-refractivity contribution >= 4 is 0 Å². The lowest BCUT2D eigenvalue weighted by Gasteiger charge is -2.34. The first kappa shape index (κ1) is 15.5. The van der Waals surface area contributed by atoms with E-state index in [1.54, 1.807) is 0 Å². The third-order valence-electron chi connectivity index (χ3n) is 4.03. The average Bonchev–Trinajstić information content (AvgIpc) is 3.32. The summed E-state index contributed by atoms with van der Waals surface area (Å²) in [5.41, 5.74) is 0.770. The van der Waals surface area contributed by atoms with E-state index < -0.39 is 0 Å². The number of ether oxygens (including phenoxy) is 1. The minimum atomic E-state index is -0.374.